The zero-order valence-electron chi connectivity index (χ0n) is 14.0. The molecule has 0 spiro atoms. The van der Waals surface area contributed by atoms with E-state index in [9.17, 15) is 9.59 Å². The maximum Gasteiger partial charge on any atom is 0.323 e. The summed E-state index contributed by atoms with van der Waals surface area (Å²) in [4.78, 5) is 27.0. The van der Waals surface area contributed by atoms with Gasteiger partial charge in [-0.1, -0.05) is 20.8 Å². The number of urea groups is 1. The van der Waals surface area contributed by atoms with Crippen LogP contribution in [0, 0.1) is 0 Å². The van der Waals surface area contributed by atoms with Crippen LogP contribution in [0.25, 0.3) is 0 Å². The van der Waals surface area contributed by atoms with Crippen molar-refractivity contribution in [1.29, 1.82) is 0 Å². The molecule has 0 saturated heterocycles. The second-order valence-electron chi connectivity index (χ2n) is 5.22. The first kappa shape index (κ1) is 19.7. The van der Waals surface area contributed by atoms with Crippen LogP contribution in [0.4, 0.5) is 4.79 Å². The van der Waals surface area contributed by atoms with Gasteiger partial charge in [0.05, 0.1) is 6.61 Å². The summed E-state index contributed by atoms with van der Waals surface area (Å²) in [7, 11) is 1.60. The summed E-state index contributed by atoms with van der Waals surface area (Å²) in [5.74, 6) is -0.986. The number of carboxylic acid groups (broad SMARTS) is 1. The molecule has 0 radical (unpaired) electrons. The molecule has 0 bridgehead atoms. The highest BCUT2D eigenvalue weighted by molar-refractivity contribution is 5.80. The van der Waals surface area contributed by atoms with Crippen LogP contribution < -0.4 is 0 Å². The predicted molar refractivity (Wildman–Crippen MR) is 82.4 cm³/mol. The Morgan fingerprint density at radius 3 is 2.05 bits per heavy atom. The first-order chi connectivity index (χ1) is 9.92. The van der Waals surface area contributed by atoms with Gasteiger partial charge in [0.15, 0.2) is 0 Å². The van der Waals surface area contributed by atoms with Crippen LogP contribution >= 0.6 is 0 Å². The molecule has 0 aromatic heterocycles. The van der Waals surface area contributed by atoms with Gasteiger partial charge in [0.2, 0.25) is 0 Å². The van der Waals surface area contributed by atoms with Crippen LogP contribution in [0.15, 0.2) is 0 Å². The Morgan fingerprint density at radius 1 is 1.10 bits per heavy atom. The fourth-order valence-electron chi connectivity index (χ4n) is 2.30. The molecular weight excluding hydrogens is 272 g/mol. The van der Waals surface area contributed by atoms with Crippen LogP contribution in [0.3, 0.4) is 0 Å². The lowest BCUT2D eigenvalue weighted by Gasteiger charge is -2.37. The number of hydrogen-bond donors (Lipinski definition) is 1. The van der Waals surface area contributed by atoms with Gasteiger partial charge in [-0.3, -0.25) is 4.79 Å². The van der Waals surface area contributed by atoms with Crippen LogP contribution in [-0.4, -0.2) is 65.8 Å². The molecular formula is C15H30N2O4. The van der Waals surface area contributed by atoms with E-state index in [0.717, 1.165) is 19.3 Å². The van der Waals surface area contributed by atoms with Crippen molar-refractivity contribution in [3.05, 3.63) is 0 Å². The van der Waals surface area contributed by atoms with Crippen LogP contribution in [-0.2, 0) is 9.53 Å². The van der Waals surface area contributed by atoms with Gasteiger partial charge in [0, 0.05) is 25.7 Å². The minimum absolute atomic E-state index is 0.104. The maximum atomic E-state index is 12.8. The summed E-state index contributed by atoms with van der Waals surface area (Å²) >= 11 is 0. The average molecular weight is 302 g/mol. The first-order valence-electron chi connectivity index (χ1n) is 7.70. The summed E-state index contributed by atoms with van der Waals surface area (Å²) in [5, 5.41) is 9.05. The van der Waals surface area contributed by atoms with Gasteiger partial charge < -0.3 is 19.6 Å². The van der Waals surface area contributed by atoms with E-state index in [-0.39, 0.29) is 24.7 Å². The van der Waals surface area contributed by atoms with E-state index in [0.29, 0.717) is 13.2 Å². The van der Waals surface area contributed by atoms with Crippen molar-refractivity contribution in [1.82, 2.24) is 9.80 Å². The Bertz CT molecular complexity index is 319. The van der Waals surface area contributed by atoms with Crippen molar-refractivity contribution in [2.45, 2.75) is 59.0 Å². The summed E-state index contributed by atoms with van der Waals surface area (Å²) in [6.45, 7) is 8.55. The van der Waals surface area contributed by atoms with E-state index >= 15 is 0 Å². The van der Waals surface area contributed by atoms with E-state index in [1.165, 1.54) is 4.90 Å². The van der Waals surface area contributed by atoms with Gasteiger partial charge in [0.1, 0.15) is 6.54 Å². The van der Waals surface area contributed by atoms with Crippen LogP contribution in [0.5, 0.6) is 0 Å². The monoisotopic (exact) mass is 302 g/mol. The molecule has 6 heteroatoms. The Kier molecular flexibility index (Phi) is 9.78. The summed E-state index contributed by atoms with van der Waals surface area (Å²) in [5.41, 5.74) is 0. The molecule has 0 aromatic rings. The lowest BCUT2D eigenvalue weighted by atomic mass is 10.1. The molecule has 1 N–H and O–H groups in total. The van der Waals surface area contributed by atoms with Gasteiger partial charge in [-0.05, 0) is 26.2 Å². The minimum Gasteiger partial charge on any atom is -0.480 e. The Balaban J connectivity index is 5.20. The second kappa shape index (κ2) is 10.4. The highest BCUT2D eigenvalue weighted by atomic mass is 16.5. The van der Waals surface area contributed by atoms with Crippen molar-refractivity contribution < 1.29 is 19.4 Å². The third-order valence-electron chi connectivity index (χ3n) is 3.84. The molecule has 0 saturated carbocycles. The maximum absolute atomic E-state index is 12.8. The van der Waals surface area contributed by atoms with E-state index in [1.54, 1.807) is 12.0 Å². The molecule has 0 aliphatic carbocycles. The zero-order valence-corrected chi connectivity index (χ0v) is 14.0. The molecule has 0 fully saturated rings. The molecule has 1 atom stereocenters. The molecule has 0 rings (SSSR count). The summed E-state index contributed by atoms with van der Waals surface area (Å²) < 4.78 is 5.08. The van der Waals surface area contributed by atoms with Crippen molar-refractivity contribution in [2.24, 2.45) is 0 Å². The number of aliphatic carboxylic acids is 1. The summed E-state index contributed by atoms with van der Waals surface area (Å²) in [6.07, 6.45) is 2.40. The SMILES string of the molecule is CCC(C)N(CC(=O)O)C(=O)N(CCOC)C(CC)CC. The number of hydrogen-bond acceptors (Lipinski definition) is 3. The van der Waals surface area contributed by atoms with Gasteiger partial charge in [-0.15, -0.1) is 0 Å². The Morgan fingerprint density at radius 2 is 1.67 bits per heavy atom. The first-order valence-corrected chi connectivity index (χ1v) is 7.70. The zero-order chi connectivity index (χ0) is 16.4. The van der Waals surface area contributed by atoms with Crippen LogP contribution in [0.1, 0.15) is 47.0 Å². The topological polar surface area (TPSA) is 70.1 Å². The number of nitrogens with zero attached hydrogens (tertiary/aromatic N) is 2. The molecule has 0 heterocycles. The van der Waals surface area contributed by atoms with Gasteiger partial charge >= 0.3 is 12.0 Å². The number of carbonyl (C=O) groups excluding carboxylic acids is 1. The number of methoxy groups -OCH3 is 1. The third-order valence-corrected chi connectivity index (χ3v) is 3.84. The molecule has 0 aliphatic rings. The highest BCUT2D eigenvalue weighted by Gasteiger charge is 2.29. The largest absolute Gasteiger partial charge is 0.480 e. The quantitative estimate of drug-likeness (QED) is 0.673. The second-order valence-corrected chi connectivity index (χ2v) is 5.22. The molecule has 1 unspecified atom stereocenters. The van der Waals surface area contributed by atoms with Crippen molar-refractivity contribution in [3.8, 4) is 0 Å². The normalized spacial score (nSPS) is 12.3. The number of carbonyl (C=O) groups is 2. The molecule has 2 amide bonds. The van der Waals surface area contributed by atoms with Crippen molar-refractivity contribution in [2.75, 3.05) is 26.8 Å². The molecule has 0 aliphatic heterocycles. The average Bonchev–Trinajstić information content (AvgIpc) is 2.47. The smallest absolute Gasteiger partial charge is 0.323 e. The van der Waals surface area contributed by atoms with Gasteiger partial charge in [0.25, 0.3) is 0 Å². The molecule has 21 heavy (non-hydrogen) atoms. The van der Waals surface area contributed by atoms with Crippen LogP contribution in [0.2, 0.25) is 0 Å². The van der Waals surface area contributed by atoms with Gasteiger partial charge in [-0.2, -0.15) is 0 Å². The lowest BCUT2D eigenvalue weighted by molar-refractivity contribution is -0.138. The van der Waals surface area contributed by atoms with E-state index < -0.39 is 5.97 Å². The lowest BCUT2D eigenvalue weighted by Crippen LogP contribution is -2.53. The number of carboxylic acids is 1. The van der Waals surface area contributed by atoms with E-state index in [4.69, 9.17) is 9.84 Å². The number of rotatable bonds is 10. The Hall–Kier alpha value is -1.30. The fourth-order valence-corrected chi connectivity index (χ4v) is 2.30. The summed E-state index contributed by atoms with van der Waals surface area (Å²) in [6, 6.07) is -0.210. The standard InChI is InChI=1S/C15H30N2O4/c1-6-12(4)17(11-14(18)19)15(20)16(9-10-21-5)13(7-2)8-3/h12-13H,6-11H2,1-5H3,(H,18,19). The number of amides is 2. The van der Waals surface area contributed by atoms with E-state index in [1.807, 2.05) is 27.7 Å². The minimum atomic E-state index is -0.986. The van der Waals surface area contributed by atoms with Crippen molar-refractivity contribution in [3.63, 3.8) is 0 Å². The molecule has 6 nitrogen and oxygen atoms in total. The third kappa shape index (κ3) is 6.33. The fraction of sp³-hybridized carbons (Fsp3) is 0.867. The van der Waals surface area contributed by atoms with E-state index in [2.05, 4.69) is 0 Å². The van der Waals surface area contributed by atoms with Gasteiger partial charge in [-0.25, -0.2) is 4.79 Å². The molecule has 0 aromatic carbocycles. The highest BCUT2D eigenvalue weighted by Crippen LogP contribution is 2.15. The number of ether oxygens (including phenoxy) is 1. The predicted octanol–water partition coefficient (Wildman–Crippen LogP) is 2.43. The molecule has 124 valence electrons. The van der Waals surface area contributed by atoms with Crippen molar-refractivity contribution >= 4 is 12.0 Å². The Labute approximate surface area is 128 Å².